The number of sulfonamides is 1. The summed E-state index contributed by atoms with van der Waals surface area (Å²) in [4.78, 5) is 16.4. The van der Waals surface area contributed by atoms with Crippen LogP contribution < -0.4 is 5.32 Å². The molecule has 170 valence electrons. The lowest BCUT2D eigenvalue weighted by atomic mass is 10.2. The fourth-order valence-electron chi connectivity index (χ4n) is 3.11. The van der Waals surface area contributed by atoms with Crippen molar-refractivity contribution in [2.45, 2.75) is 31.6 Å². The molecule has 3 rings (SSSR count). The van der Waals surface area contributed by atoms with Crippen LogP contribution in [0.25, 0.3) is 11.3 Å². The first kappa shape index (κ1) is 23.6. The average Bonchev–Trinajstić information content (AvgIpc) is 3.22. The van der Waals surface area contributed by atoms with E-state index in [1.165, 1.54) is 40.8 Å². The van der Waals surface area contributed by atoms with E-state index >= 15 is 0 Å². The quantitative estimate of drug-likeness (QED) is 0.513. The molecule has 0 atom stereocenters. The molecule has 0 aliphatic carbocycles. The van der Waals surface area contributed by atoms with Crippen molar-refractivity contribution in [3.05, 3.63) is 66.2 Å². The SMILES string of the molecule is CCN(CC)S(=O)(=O)c1ccc(NC(=O)CCc2ncc(-c3ccc(F)cc3F)o2)cc1. The van der Waals surface area contributed by atoms with E-state index in [0.717, 1.165) is 12.1 Å². The minimum Gasteiger partial charge on any atom is -0.441 e. The van der Waals surface area contributed by atoms with E-state index < -0.39 is 21.7 Å². The third-order valence-electron chi connectivity index (χ3n) is 4.80. The Hall–Kier alpha value is -3.11. The van der Waals surface area contributed by atoms with Gasteiger partial charge in [-0.25, -0.2) is 22.2 Å². The predicted molar refractivity (Wildman–Crippen MR) is 115 cm³/mol. The monoisotopic (exact) mass is 463 g/mol. The number of hydrogen-bond donors (Lipinski definition) is 1. The first-order chi connectivity index (χ1) is 15.2. The molecule has 7 nitrogen and oxygen atoms in total. The van der Waals surface area contributed by atoms with Gasteiger partial charge in [-0.1, -0.05) is 13.8 Å². The zero-order valence-electron chi connectivity index (χ0n) is 17.6. The molecular weight excluding hydrogens is 440 g/mol. The number of benzene rings is 2. The number of carbonyl (C=O) groups is 1. The van der Waals surface area contributed by atoms with Gasteiger partial charge in [-0.15, -0.1) is 0 Å². The van der Waals surface area contributed by atoms with E-state index in [-0.39, 0.29) is 40.9 Å². The summed E-state index contributed by atoms with van der Waals surface area (Å²) in [7, 11) is -3.57. The number of hydrogen-bond acceptors (Lipinski definition) is 5. The zero-order chi connectivity index (χ0) is 23.3. The largest absolute Gasteiger partial charge is 0.441 e. The Balaban J connectivity index is 1.58. The molecule has 0 radical (unpaired) electrons. The smallest absolute Gasteiger partial charge is 0.243 e. The van der Waals surface area contributed by atoms with Gasteiger partial charge in [0.2, 0.25) is 15.9 Å². The number of halogens is 2. The molecule has 0 saturated heterocycles. The van der Waals surface area contributed by atoms with E-state index in [1.54, 1.807) is 13.8 Å². The second kappa shape index (κ2) is 10.0. The highest BCUT2D eigenvalue weighted by atomic mass is 32.2. The Morgan fingerprint density at radius 2 is 1.78 bits per heavy atom. The maximum atomic E-state index is 13.9. The van der Waals surface area contributed by atoms with Crippen LogP contribution in [0.1, 0.15) is 26.2 Å². The number of aryl methyl sites for hydroxylation is 1. The van der Waals surface area contributed by atoms with Gasteiger partial charge in [0, 0.05) is 37.7 Å². The predicted octanol–water partition coefficient (Wildman–Crippen LogP) is 4.22. The minimum atomic E-state index is -3.57. The number of rotatable bonds is 9. The van der Waals surface area contributed by atoms with Crippen LogP contribution in [0.4, 0.5) is 14.5 Å². The number of anilines is 1. The van der Waals surface area contributed by atoms with Crippen molar-refractivity contribution in [2.24, 2.45) is 0 Å². The molecule has 0 saturated carbocycles. The number of nitrogens with one attached hydrogen (secondary N) is 1. The molecule has 0 aliphatic heterocycles. The van der Waals surface area contributed by atoms with Gasteiger partial charge >= 0.3 is 0 Å². The van der Waals surface area contributed by atoms with E-state index in [4.69, 9.17) is 4.42 Å². The molecule has 0 aliphatic rings. The molecule has 32 heavy (non-hydrogen) atoms. The van der Waals surface area contributed by atoms with Crippen LogP contribution in [0.15, 0.2) is 58.0 Å². The van der Waals surface area contributed by atoms with Gasteiger partial charge in [0.25, 0.3) is 0 Å². The van der Waals surface area contributed by atoms with Crippen molar-refractivity contribution in [1.29, 1.82) is 0 Å². The van der Waals surface area contributed by atoms with Crippen LogP contribution >= 0.6 is 0 Å². The summed E-state index contributed by atoms with van der Waals surface area (Å²) in [6.07, 6.45) is 1.53. The van der Waals surface area contributed by atoms with E-state index in [1.807, 2.05) is 0 Å². The minimum absolute atomic E-state index is 0.0470. The summed E-state index contributed by atoms with van der Waals surface area (Å²) in [6, 6.07) is 9.06. The van der Waals surface area contributed by atoms with Gasteiger partial charge in [-0.3, -0.25) is 4.79 Å². The number of carbonyl (C=O) groups excluding carboxylic acids is 1. The Morgan fingerprint density at radius 1 is 1.09 bits per heavy atom. The first-order valence-corrected chi connectivity index (χ1v) is 11.5. The zero-order valence-corrected chi connectivity index (χ0v) is 18.5. The van der Waals surface area contributed by atoms with Crippen LogP contribution in [-0.2, 0) is 21.2 Å². The van der Waals surface area contributed by atoms with Gasteiger partial charge in [0.05, 0.1) is 16.7 Å². The average molecular weight is 464 g/mol. The highest BCUT2D eigenvalue weighted by Crippen LogP contribution is 2.25. The standard InChI is InChI=1S/C22H23F2N3O4S/c1-3-27(4-2)32(29,30)17-8-6-16(7-9-17)26-21(28)11-12-22-25-14-20(31-22)18-10-5-15(23)13-19(18)24/h5-10,13-14H,3-4,11-12H2,1-2H3,(H,26,28). The molecule has 0 fully saturated rings. The Labute approximate surface area is 185 Å². The highest BCUT2D eigenvalue weighted by Gasteiger charge is 2.21. The maximum absolute atomic E-state index is 13.9. The summed E-state index contributed by atoms with van der Waals surface area (Å²) < 4.78 is 58.7. The van der Waals surface area contributed by atoms with Crippen molar-refractivity contribution in [3.8, 4) is 11.3 Å². The second-order valence-corrected chi connectivity index (χ2v) is 8.84. The molecule has 1 amide bonds. The van der Waals surface area contributed by atoms with Crippen LogP contribution in [-0.4, -0.2) is 36.7 Å². The topological polar surface area (TPSA) is 92.5 Å². The van der Waals surface area contributed by atoms with E-state index in [2.05, 4.69) is 10.3 Å². The van der Waals surface area contributed by atoms with Gasteiger partial charge in [-0.05, 0) is 36.4 Å². The third kappa shape index (κ3) is 5.38. The third-order valence-corrected chi connectivity index (χ3v) is 6.86. The summed E-state index contributed by atoms with van der Waals surface area (Å²) in [5.74, 6) is -1.40. The molecular formula is C22H23F2N3O4S. The van der Waals surface area contributed by atoms with Crippen molar-refractivity contribution < 1.29 is 26.4 Å². The highest BCUT2D eigenvalue weighted by molar-refractivity contribution is 7.89. The number of nitrogens with zero attached hydrogens (tertiary/aromatic N) is 2. The fraction of sp³-hybridized carbons (Fsp3) is 0.273. The first-order valence-electron chi connectivity index (χ1n) is 10.0. The van der Waals surface area contributed by atoms with Gasteiger partial charge < -0.3 is 9.73 Å². The van der Waals surface area contributed by atoms with Crippen LogP contribution in [0.3, 0.4) is 0 Å². The van der Waals surface area contributed by atoms with Crippen LogP contribution in [0.2, 0.25) is 0 Å². The molecule has 0 bridgehead atoms. The Morgan fingerprint density at radius 3 is 2.41 bits per heavy atom. The van der Waals surface area contributed by atoms with Crippen molar-refractivity contribution in [2.75, 3.05) is 18.4 Å². The van der Waals surface area contributed by atoms with Crippen LogP contribution in [0.5, 0.6) is 0 Å². The molecule has 0 spiro atoms. The normalized spacial score (nSPS) is 11.7. The van der Waals surface area contributed by atoms with Gasteiger partial charge in [0.15, 0.2) is 11.7 Å². The van der Waals surface area contributed by atoms with E-state index in [9.17, 15) is 22.0 Å². The summed E-state index contributed by atoms with van der Waals surface area (Å²) in [6.45, 7) is 4.27. The number of oxazole rings is 1. The second-order valence-electron chi connectivity index (χ2n) is 6.90. The fourth-order valence-corrected chi connectivity index (χ4v) is 4.56. The van der Waals surface area contributed by atoms with Crippen molar-refractivity contribution >= 4 is 21.6 Å². The lowest BCUT2D eigenvalue weighted by Crippen LogP contribution is -2.30. The Bertz CT molecular complexity index is 1190. The van der Waals surface area contributed by atoms with Crippen molar-refractivity contribution in [1.82, 2.24) is 9.29 Å². The van der Waals surface area contributed by atoms with Gasteiger partial charge in [-0.2, -0.15) is 4.31 Å². The molecule has 0 unspecified atom stereocenters. The lowest BCUT2D eigenvalue weighted by Gasteiger charge is -2.18. The lowest BCUT2D eigenvalue weighted by molar-refractivity contribution is -0.116. The molecule has 1 heterocycles. The van der Waals surface area contributed by atoms with E-state index in [0.29, 0.717) is 18.8 Å². The number of aromatic nitrogens is 1. The molecule has 3 aromatic rings. The number of amides is 1. The maximum Gasteiger partial charge on any atom is 0.243 e. The van der Waals surface area contributed by atoms with Gasteiger partial charge in [0.1, 0.15) is 11.6 Å². The van der Waals surface area contributed by atoms with Crippen LogP contribution in [0, 0.1) is 11.6 Å². The van der Waals surface area contributed by atoms with Crippen molar-refractivity contribution in [3.63, 3.8) is 0 Å². The molecule has 10 heteroatoms. The Kier molecular flexibility index (Phi) is 7.37. The molecule has 1 N–H and O–H groups in total. The molecule has 1 aromatic heterocycles. The summed E-state index contributed by atoms with van der Waals surface area (Å²) >= 11 is 0. The summed E-state index contributed by atoms with van der Waals surface area (Å²) in [5, 5.41) is 2.68. The molecule has 2 aromatic carbocycles. The summed E-state index contributed by atoms with van der Waals surface area (Å²) in [5.41, 5.74) is 0.532.